The Bertz CT molecular complexity index is 873. The van der Waals surface area contributed by atoms with Crippen molar-refractivity contribution < 1.29 is 9.59 Å². The number of piperazine rings is 1. The van der Waals surface area contributed by atoms with Crippen LogP contribution in [0.1, 0.15) is 23.2 Å². The van der Waals surface area contributed by atoms with Gasteiger partial charge in [0.25, 0.3) is 0 Å². The molecule has 0 unspecified atom stereocenters. The number of hydrogen-bond donors (Lipinski definition) is 0. The van der Waals surface area contributed by atoms with E-state index in [2.05, 4.69) is 22.9 Å². The molecule has 0 bridgehead atoms. The van der Waals surface area contributed by atoms with Crippen molar-refractivity contribution in [1.29, 1.82) is 0 Å². The number of fused-ring (bicyclic) bond motifs is 1. The van der Waals surface area contributed by atoms with Crippen LogP contribution in [-0.4, -0.2) is 65.4 Å². The van der Waals surface area contributed by atoms with Gasteiger partial charge < -0.3 is 9.80 Å². The summed E-state index contributed by atoms with van der Waals surface area (Å²) in [5, 5.41) is 2.85. The van der Waals surface area contributed by atoms with Gasteiger partial charge in [0.15, 0.2) is 0 Å². The van der Waals surface area contributed by atoms with Crippen LogP contribution in [0.25, 0.3) is 0 Å². The predicted octanol–water partition coefficient (Wildman–Crippen LogP) is 2.12. The summed E-state index contributed by atoms with van der Waals surface area (Å²) in [6, 6.07) is 8.37. The third kappa shape index (κ3) is 3.95. The minimum atomic E-state index is 0.127. The van der Waals surface area contributed by atoms with Gasteiger partial charge in [0.1, 0.15) is 5.01 Å². The smallest absolute Gasteiger partial charge is 0.241 e. The van der Waals surface area contributed by atoms with E-state index in [1.54, 1.807) is 11.3 Å². The van der Waals surface area contributed by atoms with E-state index >= 15 is 0 Å². The molecule has 0 radical (unpaired) electrons. The Hall–Kier alpha value is -2.25. The Kier molecular flexibility index (Phi) is 5.46. The quantitative estimate of drug-likeness (QED) is 0.792. The molecule has 6 nitrogen and oxygen atoms in total. The van der Waals surface area contributed by atoms with Crippen LogP contribution in [0.3, 0.4) is 0 Å². The number of benzene rings is 1. The van der Waals surface area contributed by atoms with Crippen LogP contribution >= 0.6 is 11.3 Å². The summed E-state index contributed by atoms with van der Waals surface area (Å²) in [6.45, 7) is 7.27. The molecule has 3 heterocycles. The van der Waals surface area contributed by atoms with Gasteiger partial charge in [0.05, 0.1) is 13.0 Å². The summed E-state index contributed by atoms with van der Waals surface area (Å²) in [6.07, 6.45) is 1.29. The van der Waals surface area contributed by atoms with Gasteiger partial charge in [-0.1, -0.05) is 18.2 Å². The minimum absolute atomic E-state index is 0.127. The van der Waals surface area contributed by atoms with E-state index in [-0.39, 0.29) is 17.9 Å². The zero-order valence-electron chi connectivity index (χ0n) is 16.4. The van der Waals surface area contributed by atoms with Gasteiger partial charge in [-0.2, -0.15) is 0 Å². The average Bonchev–Trinajstić information content (AvgIpc) is 3.23. The van der Waals surface area contributed by atoms with Gasteiger partial charge in [0.2, 0.25) is 11.8 Å². The maximum Gasteiger partial charge on any atom is 0.241 e. The molecule has 7 heteroatoms. The summed E-state index contributed by atoms with van der Waals surface area (Å²) >= 11 is 1.54. The number of carbonyl (C=O) groups excluding carboxylic acids is 2. The van der Waals surface area contributed by atoms with Crippen molar-refractivity contribution in [3.05, 3.63) is 45.9 Å². The largest absolute Gasteiger partial charge is 0.340 e. The Morgan fingerprint density at radius 1 is 1.14 bits per heavy atom. The first kappa shape index (κ1) is 19.1. The Morgan fingerprint density at radius 3 is 2.61 bits per heavy atom. The van der Waals surface area contributed by atoms with Crippen LogP contribution in [0.4, 0.5) is 5.69 Å². The fourth-order valence-corrected chi connectivity index (χ4v) is 4.86. The third-order valence-electron chi connectivity index (χ3n) is 5.53. The third-order valence-corrected chi connectivity index (χ3v) is 6.50. The number of carbonyl (C=O) groups is 2. The fourth-order valence-electron chi connectivity index (χ4n) is 4.09. The first-order chi connectivity index (χ1) is 13.5. The Balaban J connectivity index is 1.30. The zero-order chi connectivity index (χ0) is 19.7. The predicted molar refractivity (Wildman–Crippen MR) is 111 cm³/mol. The lowest BCUT2D eigenvalue weighted by Gasteiger charge is -2.35. The van der Waals surface area contributed by atoms with Crippen LogP contribution < -0.4 is 4.90 Å². The van der Waals surface area contributed by atoms with Crippen molar-refractivity contribution in [1.82, 2.24) is 14.8 Å². The van der Waals surface area contributed by atoms with Crippen LogP contribution in [-0.2, 0) is 22.4 Å². The van der Waals surface area contributed by atoms with Crippen LogP contribution in [0.15, 0.2) is 29.6 Å². The van der Waals surface area contributed by atoms with Crippen molar-refractivity contribution in [2.75, 3.05) is 37.6 Å². The molecule has 28 heavy (non-hydrogen) atoms. The van der Waals surface area contributed by atoms with Gasteiger partial charge in [-0.3, -0.25) is 14.5 Å². The second-order valence-electron chi connectivity index (χ2n) is 7.66. The summed E-state index contributed by atoms with van der Waals surface area (Å²) in [4.78, 5) is 35.8. The molecular weight excluding hydrogens is 372 g/mol. The number of amides is 2. The molecule has 1 aromatic heterocycles. The zero-order valence-corrected chi connectivity index (χ0v) is 17.2. The van der Waals surface area contributed by atoms with Gasteiger partial charge in [-0.15, -0.1) is 11.3 Å². The van der Waals surface area contributed by atoms with E-state index < -0.39 is 0 Å². The minimum Gasteiger partial charge on any atom is -0.340 e. The highest BCUT2D eigenvalue weighted by Gasteiger charge is 2.32. The van der Waals surface area contributed by atoms with Crippen molar-refractivity contribution in [3.63, 3.8) is 0 Å². The topological polar surface area (TPSA) is 56.8 Å². The molecule has 0 saturated carbocycles. The SMILES string of the molecule is Cc1csc(CC(=O)N2CCN(CC(=O)N3c4ccccc4C[C@H]3C)CC2)n1. The molecule has 1 aromatic carbocycles. The molecule has 1 fully saturated rings. The van der Waals surface area contributed by atoms with E-state index in [1.165, 1.54) is 5.56 Å². The number of anilines is 1. The van der Waals surface area contributed by atoms with Crippen LogP contribution in [0.5, 0.6) is 0 Å². The number of nitrogens with zero attached hydrogens (tertiary/aromatic N) is 4. The maximum absolute atomic E-state index is 12.9. The molecule has 0 spiro atoms. The number of para-hydroxylation sites is 1. The first-order valence-corrected chi connectivity index (χ1v) is 10.7. The molecule has 2 amide bonds. The molecule has 148 valence electrons. The Labute approximate surface area is 169 Å². The van der Waals surface area contributed by atoms with E-state index in [0.717, 1.165) is 35.9 Å². The van der Waals surface area contributed by atoms with Crippen LogP contribution in [0, 0.1) is 6.92 Å². The van der Waals surface area contributed by atoms with Crippen molar-refractivity contribution in [2.24, 2.45) is 0 Å². The standard InChI is InChI=1S/C21H26N4O2S/c1-15-14-28-19(22-15)12-20(26)24-9-7-23(8-10-24)13-21(27)25-16(2)11-17-5-3-4-6-18(17)25/h3-6,14,16H,7-13H2,1-2H3/t16-/m1/s1. The number of rotatable bonds is 4. The second-order valence-corrected chi connectivity index (χ2v) is 8.60. The average molecular weight is 399 g/mol. The molecule has 1 saturated heterocycles. The van der Waals surface area contributed by atoms with E-state index in [1.807, 2.05) is 40.3 Å². The molecule has 1 atom stereocenters. The summed E-state index contributed by atoms with van der Waals surface area (Å²) in [7, 11) is 0. The highest BCUT2D eigenvalue weighted by Crippen LogP contribution is 2.31. The first-order valence-electron chi connectivity index (χ1n) is 9.82. The maximum atomic E-state index is 12.9. The normalized spacial score (nSPS) is 19.7. The number of aryl methyl sites for hydroxylation is 1. The van der Waals surface area contributed by atoms with E-state index in [4.69, 9.17) is 0 Å². The lowest BCUT2D eigenvalue weighted by molar-refractivity contribution is -0.132. The van der Waals surface area contributed by atoms with Gasteiger partial charge in [-0.05, 0) is 31.9 Å². The van der Waals surface area contributed by atoms with Crippen molar-refractivity contribution in [2.45, 2.75) is 32.7 Å². The van der Waals surface area contributed by atoms with Crippen molar-refractivity contribution >= 4 is 28.8 Å². The second kappa shape index (κ2) is 8.01. The fraction of sp³-hybridized carbons (Fsp3) is 0.476. The molecule has 2 aliphatic heterocycles. The lowest BCUT2D eigenvalue weighted by Crippen LogP contribution is -2.52. The van der Waals surface area contributed by atoms with Crippen LogP contribution in [0.2, 0.25) is 0 Å². The highest BCUT2D eigenvalue weighted by molar-refractivity contribution is 7.09. The molecule has 2 aromatic rings. The molecular formula is C21H26N4O2S. The molecule has 2 aliphatic rings. The summed E-state index contributed by atoms with van der Waals surface area (Å²) < 4.78 is 0. The van der Waals surface area contributed by atoms with E-state index in [0.29, 0.717) is 26.1 Å². The van der Waals surface area contributed by atoms with Gasteiger partial charge >= 0.3 is 0 Å². The number of aromatic nitrogens is 1. The van der Waals surface area contributed by atoms with E-state index in [9.17, 15) is 9.59 Å². The lowest BCUT2D eigenvalue weighted by atomic mass is 10.1. The molecule has 4 rings (SSSR count). The summed E-state index contributed by atoms with van der Waals surface area (Å²) in [5.41, 5.74) is 3.26. The van der Waals surface area contributed by atoms with Gasteiger partial charge in [0, 0.05) is 49.0 Å². The van der Waals surface area contributed by atoms with Gasteiger partial charge in [-0.25, -0.2) is 4.98 Å². The Morgan fingerprint density at radius 2 is 1.89 bits per heavy atom. The number of hydrogen-bond acceptors (Lipinski definition) is 5. The number of thiazole rings is 1. The molecule has 0 aliphatic carbocycles. The molecule has 0 N–H and O–H groups in total. The monoisotopic (exact) mass is 398 g/mol. The highest BCUT2D eigenvalue weighted by atomic mass is 32.1. The summed E-state index contributed by atoms with van der Waals surface area (Å²) in [5.74, 6) is 0.276. The van der Waals surface area contributed by atoms with Crippen molar-refractivity contribution in [3.8, 4) is 0 Å².